The molecule has 34 heavy (non-hydrogen) atoms. The molecule has 0 N–H and O–H groups in total. The highest BCUT2D eigenvalue weighted by atomic mass is 35.5. The zero-order chi connectivity index (χ0) is 23.9. The minimum Gasteiger partial charge on any atom is -0.444 e. The third-order valence-corrected chi connectivity index (χ3v) is 6.66. The highest BCUT2D eigenvalue weighted by molar-refractivity contribution is 6.30. The molecule has 2 aromatic heterocycles. The van der Waals surface area contributed by atoms with Gasteiger partial charge >= 0.3 is 6.09 Å². The molecule has 1 saturated carbocycles. The lowest BCUT2D eigenvalue weighted by molar-refractivity contribution is 0.0214. The molecular formula is C25H29ClN6O2. The predicted molar refractivity (Wildman–Crippen MR) is 128 cm³/mol. The minimum atomic E-state index is -0.583. The maximum Gasteiger partial charge on any atom is 0.411 e. The number of rotatable bonds is 2. The van der Waals surface area contributed by atoms with E-state index in [0.717, 1.165) is 54.4 Å². The molecule has 1 aliphatic carbocycles. The Morgan fingerprint density at radius 3 is 2.44 bits per heavy atom. The Morgan fingerprint density at radius 2 is 1.74 bits per heavy atom. The van der Waals surface area contributed by atoms with Gasteiger partial charge in [0.15, 0.2) is 5.82 Å². The summed E-state index contributed by atoms with van der Waals surface area (Å²) in [5, 5.41) is 9.77. The number of hydrogen-bond acceptors (Lipinski definition) is 6. The maximum atomic E-state index is 13.0. The van der Waals surface area contributed by atoms with Crippen LogP contribution in [0.3, 0.4) is 0 Å². The first-order valence-electron chi connectivity index (χ1n) is 11.8. The SMILES string of the molecule is CC(C)(C)OC(=O)N1Cc2cc(Cl)ccc2-n2c(nnc2C2CCC(c3ncccn3)CC2)C1. The van der Waals surface area contributed by atoms with Gasteiger partial charge in [-0.05, 0) is 76.3 Å². The summed E-state index contributed by atoms with van der Waals surface area (Å²) in [6, 6.07) is 7.64. The summed E-state index contributed by atoms with van der Waals surface area (Å²) in [5.41, 5.74) is 1.34. The summed E-state index contributed by atoms with van der Waals surface area (Å²) in [6.07, 6.45) is 7.23. The number of benzene rings is 1. The van der Waals surface area contributed by atoms with Gasteiger partial charge in [-0.1, -0.05) is 11.6 Å². The van der Waals surface area contributed by atoms with Crippen LogP contribution in [0.25, 0.3) is 5.69 Å². The fourth-order valence-electron chi connectivity index (χ4n) is 4.88. The lowest BCUT2D eigenvalue weighted by Crippen LogP contribution is -2.35. The van der Waals surface area contributed by atoms with E-state index in [1.807, 2.05) is 57.4 Å². The molecule has 2 aliphatic rings. The van der Waals surface area contributed by atoms with Gasteiger partial charge in [-0.2, -0.15) is 0 Å². The molecule has 0 spiro atoms. The van der Waals surface area contributed by atoms with Gasteiger partial charge in [-0.25, -0.2) is 14.8 Å². The Kier molecular flexibility index (Phi) is 6.02. The van der Waals surface area contributed by atoms with E-state index in [0.29, 0.717) is 24.0 Å². The van der Waals surface area contributed by atoms with Crippen LogP contribution in [-0.4, -0.2) is 41.3 Å². The molecule has 0 atom stereocenters. The standard InChI is InChI=1S/C25H29ClN6O2/c1-25(2,3)34-24(33)31-14-18-13-19(26)9-10-20(18)32-21(15-31)29-30-23(32)17-7-5-16(6-8-17)22-27-11-4-12-28-22/h4,9-13,16-17H,5-8,14-15H2,1-3H3. The molecule has 1 aromatic carbocycles. The number of ether oxygens (including phenoxy) is 1. The molecule has 1 amide bonds. The average Bonchev–Trinajstić information content (AvgIpc) is 3.14. The van der Waals surface area contributed by atoms with E-state index < -0.39 is 5.60 Å². The van der Waals surface area contributed by atoms with Gasteiger partial charge in [0.05, 0.1) is 18.8 Å². The number of hydrogen-bond donors (Lipinski definition) is 0. The van der Waals surface area contributed by atoms with Crippen molar-refractivity contribution in [3.8, 4) is 5.69 Å². The van der Waals surface area contributed by atoms with E-state index in [2.05, 4.69) is 24.7 Å². The van der Waals surface area contributed by atoms with Gasteiger partial charge in [0, 0.05) is 29.3 Å². The lowest BCUT2D eigenvalue weighted by atomic mass is 9.81. The van der Waals surface area contributed by atoms with Crippen LogP contribution in [0.4, 0.5) is 4.79 Å². The summed E-state index contributed by atoms with van der Waals surface area (Å²) in [6.45, 7) is 6.31. The van der Waals surface area contributed by atoms with Crippen LogP contribution in [0.1, 0.15) is 81.3 Å². The van der Waals surface area contributed by atoms with Crippen molar-refractivity contribution in [1.82, 2.24) is 29.6 Å². The monoisotopic (exact) mass is 480 g/mol. The molecule has 0 radical (unpaired) electrons. The normalized spacial score (nSPS) is 20.3. The second-order valence-corrected chi connectivity index (χ2v) is 10.5. The van der Waals surface area contributed by atoms with E-state index in [9.17, 15) is 4.79 Å². The van der Waals surface area contributed by atoms with Crippen LogP contribution in [0.15, 0.2) is 36.7 Å². The van der Waals surface area contributed by atoms with Gasteiger partial charge in [-0.3, -0.25) is 9.47 Å². The number of amides is 1. The Morgan fingerprint density at radius 1 is 1.03 bits per heavy atom. The molecule has 178 valence electrons. The van der Waals surface area contributed by atoms with Crippen LogP contribution in [0, 0.1) is 0 Å². The number of carbonyl (C=O) groups is 1. The highest BCUT2D eigenvalue weighted by Gasteiger charge is 2.33. The number of carbonyl (C=O) groups excluding carboxylic acids is 1. The highest BCUT2D eigenvalue weighted by Crippen LogP contribution is 2.40. The van der Waals surface area contributed by atoms with Crippen LogP contribution in [0.2, 0.25) is 5.02 Å². The number of aromatic nitrogens is 5. The number of nitrogens with zero attached hydrogens (tertiary/aromatic N) is 6. The molecule has 9 heteroatoms. The Balaban J connectivity index is 1.45. The van der Waals surface area contributed by atoms with Crippen LogP contribution >= 0.6 is 11.6 Å². The molecule has 0 saturated heterocycles. The van der Waals surface area contributed by atoms with Crippen molar-refractivity contribution in [3.05, 3.63) is 64.7 Å². The third-order valence-electron chi connectivity index (χ3n) is 6.43. The summed E-state index contributed by atoms with van der Waals surface area (Å²) in [4.78, 5) is 23.5. The van der Waals surface area contributed by atoms with E-state index >= 15 is 0 Å². The zero-order valence-electron chi connectivity index (χ0n) is 19.7. The molecular weight excluding hydrogens is 452 g/mol. The zero-order valence-corrected chi connectivity index (χ0v) is 20.5. The van der Waals surface area contributed by atoms with Gasteiger partial charge in [0.1, 0.15) is 17.2 Å². The molecule has 1 fully saturated rings. The number of halogens is 1. The number of fused-ring (bicyclic) bond motifs is 3. The molecule has 0 unspecified atom stereocenters. The molecule has 1 aliphatic heterocycles. The van der Waals surface area contributed by atoms with Crippen molar-refractivity contribution >= 4 is 17.7 Å². The van der Waals surface area contributed by atoms with Crippen molar-refractivity contribution in [1.29, 1.82) is 0 Å². The molecule has 8 nitrogen and oxygen atoms in total. The molecule has 5 rings (SSSR count). The second kappa shape index (κ2) is 8.98. The summed E-state index contributed by atoms with van der Waals surface area (Å²) in [7, 11) is 0. The van der Waals surface area contributed by atoms with E-state index in [1.54, 1.807) is 4.90 Å². The third kappa shape index (κ3) is 4.64. The van der Waals surface area contributed by atoms with Gasteiger partial charge in [0.2, 0.25) is 0 Å². The van der Waals surface area contributed by atoms with Crippen molar-refractivity contribution < 1.29 is 9.53 Å². The Bertz CT molecular complexity index is 1180. The van der Waals surface area contributed by atoms with Crippen molar-refractivity contribution in [3.63, 3.8) is 0 Å². The average molecular weight is 481 g/mol. The molecule has 0 bridgehead atoms. The fraction of sp³-hybridized carbons (Fsp3) is 0.480. The first-order chi connectivity index (χ1) is 16.3. The Labute approximate surface area is 204 Å². The first kappa shape index (κ1) is 22.8. The smallest absolute Gasteiger partial charge is 0.411 e. The van der Waals surface area contributed by atoms with Gasteiger partial charge in [-0.15, -0.1) is 10.2 Å². The summed E-state index contributed by atoms with van der Waals surface area (Å²) >= 11 is 6.34. The van der Waals surface area contributed by atoms with Gasteiger partial charge < -0.3 is 4.74 Å². The maximum absolute atomic E-state index is 13.0. The fourth-order valence-corrected chi connectivity index (χ4v) is 5.07. The van der Waals surface area contributed by atoms with Crippen LogP contribution in [-0.2, 0) is 17.8 Å². The van der Waals surface area contributed by atoms with Crippen molar-refractivity contribution in [2.24, 2.45) is 0 Å². The minimum absolute atomic E-state index is 0.276. The summed E-state index contributed by atoms with van der Waals surface area (Å²) in [5.74, 6) is 3.25. The molecule has 3 heterocycles. The first-order valence-corrected chi connectivity index (χ1v) is 12.1. The molecule has 3 aromatic rings. The van der Waals surface area contributed by atoms with E-state index in [4.69, 9.17) is 16.3 Å². The van der Waals surface area contributed by atoms with Crippen LogP contribution in [0.5, 0.6) is 0 Å². The van der Waals surface area contributed by atoms with Crippen molar-refractivity contribution in [2.75, 3.05) is 0 Å². The predicted octanol–water partition coefficient (Wildman–Crippen LogP) is 5.40. The quantitative estimate of drug-likeness (QED) is 0.488. The Hall–Kier alpha value is -3.00. The van der Waals surface area contributed by atoms with E-state index in [1.165, 1.54) is 0 Å². The largest absolute Gasteiger partial charge is 0.444 e. The second-order valence-electron chi connectivity index (χ2n) is 10.1. The lowest BCUT2D eigenvalue weighted by Gasteiger charge is -2.27. The van der Waals surface area contributed by atoms with E-state index in [-0.39, 0.29) is 12.0 Å². The topological polar surface area (TPSA) is 86.0 Å². The summed E-state index contributed by atoms with van der Waals surface area (Å²) < 4.78 is 7.78. The van der Waals surface area contributed by atoms with Crippen LogP contribution < -0.4 is 0 Å². The van der Waals surface area contributed by atoms with Gasteiger partial charge in [0.25, 0.3) is 0 Å². The van der Waals surface area contributed by atoms with Crippen molar-refractivity contribution in [2.45, 2.75) is 77.0 Å².